The standard InChI is InChI=1S/C15H14BrClO3/c1-10(14(18)6-5-12-3-2-8-19-12)20-15-7-4-11(16)9-13(15)17/h2-4,7-10H,5-6H2,1H3. The van der Waals surface area contributed by atoms with Crippen LogP contribution in [0.2, 0.25) is 5.02 Å². The number of benzene rings is 1. The number of carbonyl (C=O) groups is 1. The number of furan rings is 1. The van der Waals surface area contributed by atoms with Crippen LogP contribution in [0, 0.1) is 0 Å². The average molecular weight is 358 g/mol. The number of hydrogen-bond acceptors (Lipinski definition) is 3. The molecule has 0 aliphatic carbocycles. The van der Waals surface area contributed by atoms with E-state index in [1.165, 1.54) is 0 Å². The number of hydrogen-bond donors (Lipinski definition) is 0. The summed E-state index contributed by atoms with van der Waals surface area (Å²) < 4.78 is 11.7. The van der Waals surface area contributed by atoms with Crippen molar-refractivity contribution in [3.63, 3.8) is 0 Å². The molecule has 3 nitrogen and oxygen atoms in total. The third-order valence-corrected chi connectivity index (χ3v) is 3.64. The van der Waals surface area contributed by atoms with Crippen LogP contribution in [0.15, 0.2) is 45.5 Å². The second kappa shape index (κ2) is 6.95. The van der Waals surface area contributed by atoms with Gasteiger partial charge in [0.2, 0.25) is 0 Å². The molecule has 0 spiro atoms. The molecule has 5 heteroatoms. The van der Waals surface area contributed by atoms with Crippen molar-refractivity contribution in [1.29, 1.82) is 0 Å². The van der Waals surface area contributed by atoms with Crippen LogP contribution in [-0.2, 0) is 11.2 Å². The van der Waals surface area contributed by atoms with Gasteiger partial charge in [0.15, 0.2) is 11.9 Å². The predicted octanol–water partition coefficient (Wildman–Crippen LogP) is 4.66. The van der Waals surface area contributed by atoms with E-state index in [-0.39, 0.29) is 5.78 Å². The summed E-state index contributed by atoms with van der Waals surface area (Å²) in [7, 11) is 0. The quantitative estimate of drug-likeness (QED) is 0.754. The van der Waals surface area contributed by atoms with Gasteiger partial charge in [-0.3, -0.25) is 4.79 Å². The summed E-state index contributed by atoms with van der Waals surface area (Å²) in [5, 5.41) is 0.477. The minimum Gasteiger partial charge on any atom is -0.481 e. The fourth-order valence-corrected chi connectivity index (χ4v) is 2.45. The van der Waals surface area contributed by atoms with E-state index < -0.39 is 6.10 Å². The van der Waals surface area contributed by atoms with Crippen molar-refractivity contribution in [3.05, 3.63) is 51.9 Å². The molecule has 0 saturated heterocycles. The second-order valence-corrected chi connectivity index (χ2v) is 5.70. The molecule has 0 amide bonds. The molecule has 1 atom stereocenters. The lowest BCUT2D eigenvalue weighted by Crippen LogP contribution is -2.24. The van der Waals surface area contributed by atoms with Gasteiger partial charge < -0.3 is 9.15 Å². The van der Waals surface area contributed by atoms with E-state index in [0.717, 1.165) is 10.2 Å². The Hall–Kier alpha value is -1.26. The summed E-state index contributed by atoms with van der Waals surface area (Å²) in [5.74, 6) is 1.32. The largest absolute Gasteiger partial charge is 0.481 e. The van der Waals surface area contributed by atoms with Crippen molar-refractivity contribution in [2.45, 2.75) is 25.9 Å². The minimum atomic E-state index is -0.538. The maximum atomic E-state index is 12.0. The number of ether oxygens (including phenoxy) is 1. The summed E-state index contributed by atoms with van der Waals surface area (Å²) in [4.78, 5) is 12.0. The van der Waals surface area contributed by atoms with Crippen LogP contribution in [0.4, 0.5) is 0 Å². The van der Waals surface area contributed by atoms with Crippen molar-refractivity contribution in [3.8, 4) is 5.75 Å². The summed E-state index contributed by atoms with van der Waals surface area (Å²) in [6.45, 7) is 1.73. The van der Waals surface area contributed by atoms with Crippen LogP contribution in [0.5, 0.6) is 5.75 Å². The summed E-state index contributed by atoms with van der Waals surface area (Å²) in [6, 6.07) is 8.95. The average Bonchev–Trinajstić information content (AvgIpc) is 2.92. The molecule has 1 aromatic heterocycles. The summed E-state index contributed by atoms with van der Waals surface area (Å²) in [5.41, 5.74) is 0. The number of carbonyl (C=O) groups excluding carboxylic acids is 1. The third-order valence-electron chi connectivity index (χ3n) is 2.85. The highest BCUT2D eigenvalue weighted by Gasteiger charge is 2.16. The highest BCUT2D eigenvalue weighted by molar-refractivity contribution is 9.10. The van der Waals surface area contributed by atoms with Crippen molar-refractivity contribution in [2.75, 3.05) is 0 Å². The molecule has 0 aliphatic rings. The topological polar surface area (TPSA) is 39.4 Å². The molecular weight excluding hydrogens is 344 g/mol. The van der Waals surface area contributed by atoms with Gasteiger partial charge in [0.05, 0.1) is 11.3 Å². The first kappa shape index (κ1) is 15.1. The first-order valence-corrected chi connectivity index (χ1v) is 7.40. The van der Waals surface area contributed by atoms with Gasteiger partial charge in [-0.25, -0.2) is 0 Å². The van der Waals surface area contributed by atoms with E-state index in [2.05, 4.69) is 15.9 Å². The highest BCUT2D eigenvalue weighted by atomic mass is 79.9. The number of rotatable bonds is 6. The Labute approximate surface area is 131 Å². The van der Waals surface area contributed by atoms with Crippen molar-refractivity contribution < 1.29 is 13.9 Å². The second-order valence-electron chi connectivity index (χ2n) is 4.38. The first-order valence-electron chi connectivity index (χ1n) is 6.23. The van der Waals surface area contributed by atoms with Gasteiger partial charge in [0, 0.05) is 17.3 Å². The Bertz CT molecular complexity index is 581. The van der Waals surface area contributed by atoms with E-state index in [4.69, 9.17) is 20.8 Å². The van der Waals surface area contributed by atoms with E-state index in [1.807, 2.05) is 12.1 Å². The van der Waals surface area contributed by atoms with Gasteiger partial charge in [0.1, 0.15) is 11.5 Å². The predicted molar refractivity (Wildman–Crippen MR) is 81.3 cm³/mol. The smallest absolute Gasteiger partial charge is 0.173 e. The Morgan fingerprint density at radius 1 is 1.45 bits per heavy atom. The molecule has 2 rings (SSSR count). The number of Topliss-reactive ketones (excluding diaryl/α,β-unsaturated/α-hetero) is 1. The van der Waals surface area contributed by atoms with Crippen LogP contribution in [0.1, 0.15) is 19.1 Å². The third kappa shape index (κ3) is 4.12. The zero-order chi connectivity index (χ0) is 14.5. The zero-order valence-electron chi connectivity index (χ0n) is 10.9. The van der Waals surface area contributed by atoms with Gasteiger partial charge in [-0.1, -0.05) is 27.5 Å². The van der Waals surface area contributed by atoms with Crippen LogP contribution < -0.4 is 4.74 Å². The molecule has 0 aliphatic heterocycles. The maximum absolute atomic E-state index is 12.0. The van der Waals surface area contributed by atoms with Gasteiger partial charge in [-0.15, -0.1) is 0 Å². The molecule has 1 unspecified atom stereocenters. The van der Waals surface area contributed by atoms with E-state index in [0.29, 0.717) is 23.6 Å². The van der Waals surface area contributed by atoms with Crippen LogP contribution in [-0.4, -0.2) is 11.9 Å². The Balaban J connectivity index is 1.90. The van der Waals surface area contributed by atoms with Gasteiger partial charge in [-0.05, 0) is 37.3 Å². The molecular formula is C15H14BrClO3. The Kier molecular flexibility index (Phi) is 5.26. The highest BCUT2D eigenvalue weighted by Crippen LogP contribution is 2.28. The van der Waals surface area contributed by atoms with Crippen molar-refractivity contribution in [1.82, 2.24) is 0 Å². The van der Waals surface area contributed by atoms with E-state index in [9.17, 15) is 4.79 Å². The van der Waals surface area contributed by atoms with Gasteiger partial charge in [0.25, 0.3) is 0 Å². The Morgan fingerprint density at radius 2 is 2.25 bits per heavy atom. The van der Waals surface area contributed by atoms with Crippen LogP contribution in [0.3, 0.4) is 0 Å². The molecule has 2 aromatic rings. The fourth-order valence-electron chi connectivity index (χ4n) is 1.73. The maximum Gasteiger partial charge on any atom is 0.173 e. The van der Waals surface area contributed by atoms with Crippen LogP contribution in [0.25, 0.3) is 0 Å². The minimum absolute atomic E-state index is 0.0142. The molecule has 1 heterocycles. The molecule has 0 bridgehead atoms. The normalized spacial score (nSPS) is 12.2. The summed E-state index contributed by atoms with van der Waals surface area (Å²) >= 11 is 9.38. The molecule has 0 radical (unpaired) electrons. The number of halogens is 2. The molecule has 106 valence electrons. The van der Waals surface area contributed by atoms with Crippen molar-refractivity contribution in [2.24, 2.45) is 0 Å². The Morgan fingerprint density at radius 3 is 2.90 bits per heavy atom. The van der Waals surface area contributed by atoms with Gasteiger partial charge in [-0.2, -0.15) is 0 Å². The molecule has 0 saturated carbocycles. The fraction of sp³-hybridized carbons (Fsp3) is 0.267. The number of ketones is 1. The molecule has 20 heavy (non-hydrogen) atoms. The van der Waals surface area contributed by atoms with Crippen molar-refractivity contribution >= 4 is 33.3 Å². The van der Waals surface area contributed by atoms with Gasteiger partial charge >= 0.3 is 0 Å². The van der Waals surface area contributed by atoms with Crippen LogP contribution >= 0.6 is 27.5 Å². The van der Waals surface area contributed by atoms with E-state index in [1.54, 1.807) is 31.4 Å². The lowest BCUT2D eigenvalue weighted by Gasteiger charge is -2.14. The summed E-state index contributed by atoms with van der Waals surface area (Å²) in [6.07, 6.45) is 2.02. The first-order chi connectivity index (χ1) is 9.56. The lowest BCUT2D eigenvalue weighted by atomic mass is 10.1. The van der Waals surface area contributed by atoms with E-state index >= 15 is 0 Å². The monoisotopic (exact) mass is 356 g/mol. The molecule has 0 fully saturated rings. The SMILES string of the molecule is CC(Oc1ccc(Br)cc1Cl)C(=O)CCc1ccco1. The lowest BCUT2D eigenvalue weighted by molar-refractivity contribution is -0.125. The number of aryl methyl sites for hydroxylation is 1. The molecule has 0 N–H and O–H groups in total. The zero-order valence-corrected chi connectivity index (χ0v) is 13.3. The molecule has 1 aromatic carbocycles.